The first-order valence-electron chi connectivity index (χ1n) is 5.07. The molecule has 15 heavy (non-hydrogen) atoms. The summed E-state index contributed by atoms with van der Waals surface area (Å²) in [6.45, 7) is 0. The van der Waals surface area contributed by atoms with Gasteiger partial charge < -0.3 is 15.0 Å². The van der Waals surface area contributed by atoms with Crippen molar-refractivity contribution in [2.45, 2.75) is 24.8 Å². The Morgan fingerprint density at radius 3 is 2.80 bits per heavy atom. The molecule has 0 aliphatic heterocycles. The van der Waals surface area contributed by atoms with Crippen LogP contribution >= 0.6 is 0 Å². The molecule has 1 heterocycles. The molecule has 0 bridgehead atoms. The zero-order chi connectivity index (χ0) is 11.1. The zero-order valence-electron chi connectivity index (χ0n) is 9.12. The maximum Gasteiger partial charge on any atom is 0.354 e. The average molecular weight is 208 g/mol. The molecule has 0 atom stereocenters. The Balaban J connectivity index is 2.19. The Labute approximate surface area is 89.0 Å². The summed E-state index contributed by atoms with van der Waals surface area (Å²) in [4.78, 5) is 11.4. The second-order valence-corrected chi connectivity index (χ2v) is 4.30. The van der Waals surface area contributed by atoms with Crippen molar-refractivity contribution in [3.8, 4) is 0 Å². The number of ether oxygens (including phenoxy) is 1. The van der Waals surface area contributed by atoms with E-state index in [1.54, 1.807) is 6.07 Å². The van der Waals surface area contributed by atoms with Gasteiger partial charge in [-0.2, -0.15) is 0 Å². The summed E-state index contributed by atoms with van der Waals surface area (Å²) >= 11 is 0. The highest BCUT2D eigenvalue weighted by atomic mass is 16.5. The number of carbonyl (C=O) groups excluding carboxylic acids is 1. The second-order valence-electron chi connectivity index (χ2n) is 4.30. The lowest BCUT2D eigenvalue weighted by Gasteiger charge is -2.10. The van der Waals surface area contributed by atoms with E-state index < -0.39 is 0 Å². The molecule has 1 fully saturated rings. The molecule has 1 aromatic rings. The van der Waals surface area contributed by atoms with Gasteiger partial charge in [-0.1, -0.05) is 0 Å². The van der Waals surface area contributed by atoms with E-state index in [4.69, 9.17) is 5.73 Å². The van der Waals surface area contributed by atoms with E-state index >= 15 is 0 Å². The van der Waals surface area contributed by atoms with E-state index in [1.165, 1.54) is 7.11 Å². The van der Waals surface area contributed by atoms with Gasteiger partial charge in [0.2, 0.25) is 0 Å². The van der Waals surface area contributed by atoms with Crippen LogP contribution in [0.3, 0.4) is 0 Å². The minimum absolute atomic E-state index is 0.0283. The molecular weight excluding hydrogens is 192 g/mol. The van der Waals surface area contributed by atoms with Crippen LogP contribution in [0.5, 0.6) is 0 Å². The maximum absolute atomic E-state index is 11.4. The van der Waals surface area contributed by atoms with E-state index in [2.05, 4.69) is 4.74 Å². The number of hydrogen-bond acceptors (Lipinski definition) is 3. The van der Waals surface area contributed by atoms with Crippen LogP contribution in [0.15, 0.2) is 12.1 Å². The molecule has 0 aromatic carbocycles. The second kappa shape index (κ2) is 3.38. The summed E-state index contributed by atoms with van der Waals surface area (Å²) < 4.78 is 6.55. The van der Waals surface area contributed by atoms with Crippen LogP contribution in [0.1, 0.15) is 29.0 Å². The van der Waals surface area contributed by atoms with Crippen molar-refractivity contribution in [3.05, 3.63) is 23.5 Å². The fourth-order valence-corrected chi connectivity index (χ4v) is 1.74. The first kappa shape index (κ1) is 10.2. The largest absolute Gasteiger partial charge is 0.464 e. The van der Waals surface area contributed by atoms with Crippen LogP contribution in [-0.4, -0.2) is 23.2 Å². The SMILES string of the molecule is COC(=O)c1ccc(CC2(N)CC2)n1C. The fraction of sp³-hybridized carbons (Fsp3) is 0.545. The van der Waals surface area contributed by atoms with Crippen molar-refractivity contribution in [1.82, 2.24) is 4.57 Å². The van der Waals surface area contributed by atoms with Crippen molar-refractivity contribution >= 4 is 5.97 Å². The predicted octanol–water partition coefficient (Wildman–Crippen LogP) is 0.845. The first-order valence-corrected chi connectivity index (χ1v) is 5.07. The van der Waals surface area contributed by atoms with E-state index in [0.29, 0.717) is 5.69 Å². The van der Waals surface area contributed by atoms with Gasteiger partial charge >= 0.3 is 5.97 Å². The highest BCUT2D eigenvalue weighted by Crippen LogP contribution is 2.35. The highest BCUT2D eigenvalue weighted by Gasteiger charge is 2.38. The normalized spacial score (nSPS) is 17.5. The third kappa shape index (κ3) is 1.90. The number of hydrogen-bond donors (Lipinski definition) is 1. The Kier molecular flexibility index (Phi) is 2.31. The molecule has 0 radical (unpaired) electrons. The molecule has 1 aromatic heterocycles. The highest BCUT2D eigenvalue weighted by molar-refractivity contribution is 5.87. The number of rotatable bonds is 3. The van der Waals surface area contributed by atoms with Crippen molar-refractivity contribution in [1.29, 1.82) is 0 Å². The van der Waals surface area contributed by atoms with Gasteiger partial charge in [0.15, 0.2) is 0 Å². The van der Waals surface area contributed by atoms with Gasteiger partial charge in [0.1, 0.15) is 5.69 Å². The van der Waals surface area contributed by atoms with Crippen molar-refractivity contribution in [2.24, 2.45) is 12.8 Å². The molecule has 4 heteroatoms. The third-order valence-electron chi connectivity index (χ3n) is 3.05. The van der Waals surface area contributed by atoms with E-state index in [-0.39, 0.29) is 11.5 Å². The van der Waals surface area contributed by atoms with Crippen LogP contribution in [0, 0.1) is 0 Å². The predicted molar refractivity (Wildman–Crippen MR) is 56.6 cm³/mol. The molecule has 1 aliphatic rings. The summed E-state index contributed by atoms with van der Waals surface area (Å²) in [5.74, 6) is -0.300. The summed E-state index contributed by atoms with van der Waals surface area (Å²) in [7, 11) is 3.26. The van der Waals surface area contributed by atoms with Crippen molar-refractivity contribution in [2.75, 3.05) is 7.11 Å². The van der Waals surface area contributed by atoms with Crippen molar-refractivity contribution < 1.29 is 9.53 Å². The third-order valence-corrected chi connectivity index (χ3v) is 3.05. The van der Waals surface area contributed by atoms with Crippen LogP contribution in [-0.2, 0) is 18.2 Å². The minimum Gasteiger partial charge on any atom is -0.464 e. The molecular formula is C11H16N2O2. The molecule has 0 spiro atoms. The zero-order valence-corrected chi connectivity index (χ0v) is 9.12. The van der Waals surface area contributed by atoms with Gasteiger partial charge in [-0.3, -0.25) is 0 Å². The van der Waals surface area contributed by atoms with Gasteiger partial charge in [-0.15, -0.1) is 0 Å². The van der Waals surface area contributed by atoms with Gasteiger partial charge in [0.05, 0.1) is 7.11 Å². The lowest BCUT2D eigenvalue weighted by molar-refractivity contribution is 0.0589. The van der Waals surface area contributed by atoms with Crippen LogP contribution < -0.4 is 5.73 Å². The number of nitrogens with two attached hydrogens (primary N) is 1. The lowest BCUT2D eigenvalue weighted by Crippen LogP contribution is -2.26. The average Bonchev–Trinajstić information content (AvgIpc) is 2.83. The van der Waals surface area contributed by atoms with Gasteiger partial charge in [0.25, 0.3) is 0 Å². The van der Waals surface area contributed by atoms with Gasteiger partial charge in [-0.25, -0.2) is 4.79 Å². The molecule has 0 unspecified atom stereocenters. The summed E-state index contributed by atoms with van der Waals surface area (Å²) in [6.07, 6.45) is 2.98. The standard InChI is InChI=1S/C11H16N2O2/c1-13-8(7-11(12)5-6-11)3-4-9(13)10(14)15-2/h3-4H,5-7,12H2,1-2H3. The minimum atomic E-state index is -0.300. The molecule has 1 aliphatic carbocycles. The summed E-state index contributed by atoms with van der Waals surface area (Å²) in [5.41, 5.74) is 7.68. The Morgan fingerprint density at radius 2 is 2.27 bits per heavy atom. The monoisotopic (exact) mass is 208 g/mol. The Hall–Kier alpha value is -1.29. The summed E-state index contributed by atoms with van der Waals surface area (Å²) in [6, 6.07) is 3.73. The Morgan fingerprint density at radius 1 is 1.60 bits per heavy atom. The van der Waals surface area contributed by atoms with E-state index in [9.17, 15) is 4.79 Å². The number of methoxy groups -OCH3 is 1. The number of carbonyl (C=O) groups is 1. The smallest absolute Gasteiger partial charge is 0.354 e. The van der Waals surface area contributed by atoms with Crippen LogP contribution in [0.25, 0.3) is 0 Å². The molecule has 0 amide bonds. The molecule has 0 saturated heterocycles. The van der Waals surface area contributed by atoms with Gasteiger partial charge in [-0.05, 0) is 25.0 Å². The first-order chi connectivity index (χ1) is 7.06. The Bertz CT molecular complexity index is 391. The number of esters is 1. The summed E-state index contributed by atoms with van der Waals surface area (Å²) in [5, 5.41) is 0. The fourth-order valence-electron chi connectivity index (χ4n) is 1.74. The maximum atomic E-state index is 11.4. The van der Waals surface area contributed by atoms with E-state index in [0.717, 1.165) is 25.0 Å². The molecule has 1 saturated carbocycles. The van der Waals surface area contributed by atoms with E-state index in [1.807, 2.05) is 17.7 Å². The topological polar surface area (TPSA) is 57.2 Å². The quantitative estimate of drug-likeness (QED) is 0.749. The van der Waals surface area contributed by atoms with Crippen LogP contribution in [0.2, 0.25) is 0 Å². The number of nitrogens with zero attached hydrogens (tertiary/aromatic N) is 1. The van der Waals surface area contributed by atoms with Crippen molar-refractivity contribution in [3.63, 3.8) is 0 Å². The van der Waals surface area contributed by atoms with Gasteiger partial charge in [0, 0.05) is 24.7 Å². The molecule has 82 valence electrons. The number of aromatic nitrogens is 1. The molecule has 4 nitrogen and oxygen atoms in total. The lowest BCUT2D eigenvalue weighted by atomic mass is 10.1. The molecule has 2 rings (SSSR count). The molecule has 2 N–H and O–H groups in total. The van der Waals surface area contributed by atoms with Crippen LogP contribution in [0.4, 0.5) is 0 Å².